The molecule has 0 radical (unpaired) electrons. The van der Waals surface area contributed by atoms with Crippen LogP contribution in [0, 0.1) is 0 Å². The maximum atomic E-state index is 9.87. The van der Waals surface area contributed by atoms with Crippen LogP contribution in [-0.4, -0.2) is 4.57 Å². The molecule has 0 aliphatic carbocycles. The molecule has 0 fully saturated rings. The van der Waals surface area contributed by atoms with Crippen LogP contribution in [0.4, 0.5) is 17.1 Å². The SMILES string of the molecule is [2H]c1c([2H])c([2H])c(N(c2c([2H])c([2H])c(-c3c([2H])c4c([2H])c([2H])c([2H])c([2H])c4c4c([2H])c([2H])c([2H])c([2H])c34)c([2H])c2[2H])c2ccc(-c3cccc(-n4c5ccccc5c5ccccc54)c3)c3oc4ccccc4c23)c([2H])c1[2H]. The van der Waals surface area contributed by atoms with Crippen LogP contribution in [0.5, 0.6) is 0 Å². The molecular weight excluding hydrogens is 717 g/mol. The van der Waals surface area contributed by atoms with E-state index in [1.807, 2.05) is 60.7 Å². The van der Waals surface area contributed by atoms with Crippen LogP contribution in [0.1, 0.15) is 24.7 Å². The third-order valence-electron chi connectivity index (χ3n) is 10.7. The minimum Gasteiger partial charge on any atom is -0.455 e. The zero-order valence-electron chi connectivity index (χ0n) is 48.7. The molecule has 0 spiro atoms. The molecule has 0 N–H and O–H groups in total. The largest absolute Gasteiger partial charge is 0.455 e. The van der Waals surface area contributed by atoms with Crippen molar-refractivity contribution in [1.29, 1.82) is 0 Å². The molecule has 2 aromatic heterocycles. The Morgan fingerprint density at radius 1 is 0.458 bits per heavy atom. The summed E-state index contributed by atoms with van der Waals surface area (Å²) in [7, 11) is 0. The molecule has 2 heterocycles. The molecule has 0 aliphatic heterocycles. The third-order valence-corrected chi connectivity index (χ3v) is 10.7. The van der Waals surface area contributed by atoms with Crippen LogP contribution in [0.2, 0.25) is 0 Å². The predicted octanol–water partition coefficient (Wildman–Crippen LogP) is 15.8. The average molecular weight is 771 g/mol. The maximum Gasteiger partial charge on any atom is 0.145 e. The van der Waals surface area contributed by atoms with E-state index in [4.69, 9.17) is 19.5 Å². The van der Waals surface area contributed by atoms with E-state index in [-0.39, 0.29) is 11.3 Å². The molecule has 0 saturated heterocycles. The molecule has 0 amide bonds. The van der Waals surface area contributed by atoms with Gasteiger partial charge in [-0.3, -0.25) is 0 Å². The highest BCUT2D eigenvalue weighted by atomic mass is 16.3. The molecular formula is C56H36N2O. The zero-order valence-corrected chi connectivity index (χ0v) is 30.7. The summed E-state index contributed by atoms with van der Waals surface area (Å²) in [6.07, 6.45) is 0. The lowest BCUT2D eigenvalue weighted by atomic mass is 9.93. The number of furan rings is 1. The van der Waals surface area contributed by atoms with Gasteiger partial charge in [0.25, 0.3) is 0 Å². The predicted molar refractivity (Wildman–Crippen MR) is 249 cm³/mol. The number of hydrogen-bond acceptors (Lipinski definition) is 2. The van der Waals surface area contributed by atoms with Gasteiger partial charge >= 0.3 is 0 Å². The van der Waals surface area contributed by atoms with E-state index in [2.05, 4.69) is 16.7 Å². The van der Waals surface area contributed by atoms with Gasteiger partial charge < -0.3 is 13.9 Å². The fraction of sp³-hybridized carbons (Fsp3) is 0. The second-order valence-corrected chi connectivity index (χ2v) is 13.9. The minimum atomic E-state index is -0.896. The normalized spacial score (nSPS) is 16.0. The zero-order chi connectivity index (χ0) is 54.5. The van der Waals surface area contributed by atoms with E-state index >= 15 is 0 Å². The number of fused-ring (bicyclic) bond motifs is 9. The molecule has 0 aliphatic rings. The summed E-state index contributed by atoms with van der Waals surface area (Å²) < 4.78 is 173. The van der Waals surface area contributed by atoms with Gasteiger partial charge in [-0.2, -0.15) is 0 Å². The molecule has 0 saturated carbocycles. The molecule has 59 heavy (non-hydrogen) atoms. The number of benzene rings is 10. The van der Waals surface area contributed by atoms with Crippen molar-refractivity contribution in [2.75, 3.05) is 4.90 Å². The number of anilines is 3. The van der Waals surface area contributed by atoms with E-state index in [0.717, 1.165) is 32.4 Å². The summed E-state index contributed by atoms with van der Waals surface area (Å²) >= 11 is 0. The van der Waals surface area contributed by atoms with Crippen molar-refractivity contribution in [1.82, 2.24) is 4.57 Å². The average Bonchev–Trinajstić information content (AvgIpc) is 4.12. The summed E-state index contributed by atoms with van der Waals surface area (Å²) in [5, 5.41) is 1.03. The van der Waals surface area contributed by atoms with Gasteiger partial charge in [0.1, 0.15) is 11.2 Å². The summed E-state index contributed by atoms with van der Waals surface area (Å²) in [6.45, 7) is 0. The second-order valence-electron chi connectivity index (χ2n) is 13.9. The minimum absolute atomic E-state index is 0.0155. The number of hydrogen-bond donors (Lipinski definition) is 0. The van der Waals surface area contributed by atoms with Crippen LogP contribution in [0.15, 0.2) is 222 Å². The molecule has 276 valence electrons. The Kier molecular flexibility index (Phi) is 4.53. The van der Waals surface area contributed by atoms with Gasteiger partial charge in [0.2, 0.25) is 0 Å². The van der Waals surface area contributed by atoms with Crippen molar-refractivity contribution in [2.24, 2.45) is 0 Å². The van der Waals surface area contributed by atoms with E-state index in [1.54, 1.807) is 36.4 Å². The van der Waals surface area contributed by atoms with Crippen molar-refractivity contribution in [3.05, 3.63) is 218 Å². The molecule has 3 nitrogen and oxygen atoms in total. The lowest BCUT2D eigenvalue weighted by Gasteiger charge is -2.27. The molecule has 0 atom stereocenters. The molecule has 3 heteroatoms. The first-order chi connectivity index (χ1) is 36.8. The molecule has 0 bridgehead atoms. The Morgan fingerprint density at radius 2 is 1.10 bits per heavy atom. The molecule has 12 rings (SSSR count). The summed E-state index contributed by atoms with van der Waals surface area (Å²) in [6, 6.07) is 19.9. The molecule has 10 aromatic carbocycles. The van der Waals surface area contributed by atoms with Crippen LogP contribution >= 0.6 is 0 Å². The lowest BCUT2D eigenvalue weighted by molar-refractivity contribution is 0.670. The fourth-order valence-corrected chi connectivity index (χ4v) is 8.14. The topological polar surface area (TPSA) is 21.3 Å². The van der Waals surface area contributed by atoms with E-state index in [0.29, 0.717) is 27.5 Å². The Balaban J connectivity index is 1.17. The number of rotatable bonds is 6. The van der Waals surface area contributed by atoms with Crippen molar-refractivity contribution in [3.8, 4) is 27.9 Å². The summed E-state index contributed by atoms with van der Waals surface area (Å²) in [4.78, 5) is 1.07. The van der Waals surface area contributed by atoms with Gasteiger partial charge in [0.15, 0.2) is 0 Å². The molecule has 0 unspecified atom stereocenters. The van der Waals surface area contributed by atoms with Gasteiger partial charge in [-0.25, -0.2) is 0 Å². The Morgan fingerprint density at radius 3 is 1.88 bits per heavy atom. The third kappa shape index (κ3) is 5.29. The highest BCUT2D eigenvalue weighted by molar-refractivity contribution is 6.18. The standard InChI is InChI=1S/C56H36N2O/c1-2-17-40(18-3-1)57(41-31-29-37(30-32-41)50-36-39-15-4-5-20-43(39)45-21-6-7-22-46(45)50)53-34-33-44(56-55(53)49-25-10-13-28-54(49)59-56)38-16-14-19-42(35-38)58-51-26-11-8-23-47(51)48-24-9-12-27-52(48)58/h1-36H/i1D,2D,3D,4D,5D,6D,7D,15D,17D,18D,20D,21D,22D,29D,30D,31D,32D,36D. The number of aromatic nitrogens is 1. The Labute approximate surface area is 366 Å². The van der Waals surface area contributed by atoms with E-state index in [9.17, 15) is 9.60 Å². The van der Waals surface area contributed by atoms with Crippen molar-refractivity contribution >= 4 is 82.4 Å². The van der Waals surface area contributed by atoms with Gasteiger partial charge in [0, 0.05) is 38.8 Å². The number of para-hydroxylation sites is 4. The lowest BCUT2D eigenvalue weighted by Crippen LogP contribution is -2.10. The van der Waals surface area contributed by atoms with Gasteiger partial charge in [-0.1, -0.05) is 145 Å². The summed E-state index contributed by atoms with van der Waals surface area (Å²) in [5.74, 6) is 0. The Hall–Kier alpha value is -7.88. The fourth-order valence-electron chi connectivity index (χ4n) is 8.14. The van der Waals surface area contributed by atoms with Gasteiger partial charge in [-0.05, 0) is 111 Å². The van der Waals surface area contributed by atoms with Crippen molar-refractivity contribution in [2.45, 2.75) is 0 Å². The van der Waals surface area contributed by atoms with Gasteiger partial charge in [-0.15, -0.1) is 0 Å². The van der Waals surface area contributed by atoms with E-state index in [1.165, 1.54) is 0 Å². The quantitative estimate of drug-likeness (QED) is 0.157. The van der Waals surface area contributed by atoms with Crippen molar-refractivity contribution < 1.29 is 29.1 Å². The first-order valence-corrected chi connectivity index (χ1v) is 18.7. The second kappa shape index (κ2) is 13.4. The first kappa shape index (κ1) is 20.0. The van der Waals surface area contributed by atoms with Crippen molar-refractivity contribution in [3.63, 3.8) is 0 Å². The smallest absolute Gasteiger partial charge is 0.145 e. The first-order valence-electron chi connectivity index (χ1n) is 27.7. The van der Waals surface area contributed by atoms with Crippen LogP contribution in [-0.2, 0) is 0 Å². The Bertz CT molecular complexity index is 4530. The highest BCUT2D eigenvalue weighted by Crippen LogP contribution is 2.47. The summed E-state index contributed by atoms with van der Waals surface area (Å²) in [5.41, 5.74) is 2.24. The monoisotopic (exact) mass is 770 g/mol. The van der Waals surface area contributed by atoms with Crippen LogP contribution in [0.25, 0.3) is 93.2 Å². The highest BCUT2D eigenvalue weighted by Gasteiger charge is 2.23. The van der Waals surface area contributed by atoms with E-state index < -0.39 is 153 Å². The maximum absolute atomic E-state index is 9.87. The van der Waals surface area contributed by atoms with Crippen LogP contribution < -0.4 is 4.90 Å². The van der Waals surface area contributed by atoms with Crippen LogP contribution in [0.3, 0.4) is 0 Å². The molecule has 12 aromatic rings. The number of nitrogens with zero attached hydrogens (tertiary/aromatic N) is 2. The van der Waals surface area contributed by atoms with Gasteiger partial charge in [0.05, 0.1) is 46.8 Å².